The molecule has 21 heavy (non-hydrogen) atoms. The van der Waals surface area contributed by atoms with Crippen molar-refractivity contribution >= 4 is 11.9 Å². The molecule has 2 aliphatic rings. The van der Waals surface area contributed by atoms with Crippen LogP contribution in [0.15, 0.2) is 0 Å². The first-order chi connectivity index (χ1) is 9.87. The Morgan fingerprint density at radius 1 is 1.24 bits per heavy atom. The lowest BCUT2D eigenvalue weighted by Crippen LogP contribution is -2.51. The number of rotatable bonds is 3. The molecule has 2 unspecified atom stereocenters. The summed E-state index contributed by atoms with van der Waals surface area (Å²) < 4.78 is 5.71. The van der Waals surface area contributed by atoms with Crippen LogP contribution in [0.4, 0.5) is 4.79 Å². The van der Waals surface area contributed by atoms with Crippen LogP contribution in [-0.2, 0) is 9.53 Å². The molecule has 0 spiro atoms. The Bertz CT molecular complexity index is 386. The van der Waals surface area contributed by atoms with Gasteiger partial charge in [0.1, 0.15) is 0 Å². The lowest BCUT2D eigenvalue weighted by molar-refractivity contribution is -0.121. The average molecular weight is 297 g/mol. The van der Waals surface area contributed by atoms with Gasteiger partial charge in [0, 0.05) is 18.7 Å². The van der Waals surface area contributed by atoms with Gasteiger partial charge in [0.05, 0.1) is 18.7 Å². The second-order valence-electron chi connectivity index (χ2n) is 6.91. The van der Waals surface area contributed by atoms with Crippen LogP contribution in [0.5, 0.6) is 0 Å². The minimum atomic E-state index is -0.282. The fourth-order valence-electron chi connectivity index (χ4n) is 3.06. The predicted octanol–water partition coefficient (Wildman–Crippen LogP) is 1.25. The smallest absolute Gasteiger partial charge is 0.318 e. The van der Waals surface area contributed by atoms with Crippen molar-refractivity contribution in [1.82, 2.24) is 15.5 Å². The topological polar surface area (TPSA) is 70.7 Å². The van der Waals surface area contributed by atoms with Crippen LogP contribution in [0.1, 0.15) is 46.5 Å². The number of carbonyl (C=O) groups is 2. The van der Waals surface area contributed by atoms with Crippen molar-refractivity contribution in [3.8, 4) is 0 Å². The fraction of sp³-hybridized carbons (Fsp3) is 0.867. The Kier molecular flexibility index (Phi) is 5.08. The van der Waals surface area contributed by atoms with Crippen molar-refractivity contribution in [2.75, 3.05) is 19.7 Å². The van der Waals surface area contributed by atoms with Crippen molar-refractivity contribution in [1.29, 1.82) is 0 Å². The molecule has 0 aliphatic carbocycles. The van der Waals surface area contributed by atoms with Gasteiger partial charge in [-0.05, 0) is 46.5 Å². The molecule has 0 saturated carbocycles. The molecule has 2 fully saturated rings. The molecule has 6 heteroatoms. The average Bonchev–Trinajstić information content (AvgIpc) is 3.03. The SMILES string of the molecule is CC(C)(C)NC(=O)CNC(=O)N1CCCC1C1CCCO1. The third kappa shape index (κ3) is 4.59. The maximum absolute atomic E-state index is 12.3. The summed E-state index contributed by atoms with van der Waals surface area (Å²) in [5, 5.41) is 5.55. The van der Waals surface area contributed by atoms with E-state index in [1.165, 1.54) is 0 Å². The van der Waals surface area contributed by atoms with Crippen molar-refractivity contribution in [3.05, 3.63) is 0 Å². The molecule has 2 saturated heterocycles. The van der Waals surface area contributed by atoms with Crippen molar-refractivity contribution in [3.63, 3.8) is 0 Å². The summed E-state index contributed by atoms with van der Waals surface area (Å²) >= 11 is 0. The lowest BCUT2D eigenvalue weighted by atomic mass is 10.1. The number of nitrogens with zero attached hydrogens (tertiary/aromatic N) is 1. The molecule has 2 aliphatic heterocycles. The van der Waals surface area contributed by atoms with Crippen LogP contribution in [0.2, 0.25) is 0 Å². The summed E-state index contributed by atoms with van der Waals surface area (Å²) in [5.41, 5.74) is -0.282. The zero-order chi connectivity index (χ0) is 15.5. The second kappa shape index (κ2) is 6.64. The van der Waals surface area contributed by atoms with E-state index in [9.17, 15) is 9.59 Å². The minimum absolute atomic E-state index is 0.0187. The normalized spacial score (nSPS) is 26.0. The highest BCUT2D eigenvalue weighted by molar-refractivity contribution is 5.84. The van der Waals surface area contributed by atoms with Gasteiger partial charge in [0.15, 0.2) is 0 Å². The Hall–Kier alpha value is -1.30. The fourth-order valence-corrected chi connectivity index (χ4v) is 3.06. The molecule has 120 valence electrons. The first kappa shape index (κ1) is 16.1. The van der Waals surface area contributed by atoms with E-state index < -0.39 is 0 Å². The van der Waals surface area contributed by atoms with E-state index in [1.807, 2.05) is 25.7 Å². The van der Waals surface area contributed by atoms with Crippen molar-refractivity contribution in [2.45, 2.75) is 64.1 Å². The van der Waals surface area contributed by atoms with E-state index in [4.69, 9.17) is 4.74 Å². The highest BCUT2D eigenvalue weighted by atomic mass is 16.5. The monoisotopic (exact) mass is 297 g/mol. The Balaban J connectivity index is 1.80. The van der Waals surface area contributed by atoms with Crippen molar-refractivity contribution in [2.24, 2.45) is 0 Å². The van der Waals surface area contributed by atoms with Gasteiger partial charge in [-0.2, -0.15) is 0 Å². The standard InChI is InChI=1S/C15H27N3O3/c1-15(2,3)17-13(19)10-16-14(20)18-8-4-6-11(18)12-7-5-9-21-12/h11-12H,4-10H2,1-3H3,(H,16,20)(H,17,19). The molecule has 0 aromatic heterocycles. The van der Waals surface area contributed by atoms with Crippen LogP contribution in [0.3, 0.4) is 0 Å². The molecule has 2 heterocycles. The summed E-state index contributed by atoms with van der Waals surface area (Å²) in [7, 11) is 0. The molecule has 0 aromatic rings. The Labute approximate surface area is 126 Å². The van der Waals surface area contributed by atoms with Gasteiger partial charge in [-0.3, -0.25) is 4.79 Å². The summed E-state index contributed by atoms with van der Waals surface area (Å²) in [5.74, 6) is -0.163. The molecular weight excluding hydrogens is 270 g/mol. The highest BCUT2D eigenvalue weighted by Crippen LogP contribution is 2.27. The molecule has 0 bridgehead atoms. The first-order valence-corrected chi connectivity index (χ1v) is 7.84. The molecule has 0 aromatic carbocycles. The number of likely N-dealkylation sites (tertiary alicyclic amines) is 1. The van der Waals surface area contributed by atoms with E-state index in [2.05, 4.69) is 10.6 Å². The predicted molar refractivity (Wildman–Crippen MR) is 80.0 cm³/mol. The van der Waals surface area contributed by atoms with Crippen molar-refractivity contribution < 1.29 is 14.3 Å². The summed E-state index contributed by atoms with van der Waals surface area (Å²) in [6.07, 6.45) is 4.27. The van der Waals surface area contributed by atoms with Crippen LogP contribution in [0, 0.1) is 0 Å². The van der Waals surface area contributed by atoms with E-state index in [-0.39, 0.29) is 36.2 Å². The number of hydrogen-bond donors (Lipinski definition) is 2. The summed E-state index contributed by atoms with van der Waals surface area (Å²) in [6, 6.07) is 0.00948. The van der Waals surface area contributed by atoms with Gasteiger partial charge in [-0.15, -0.1) is 0 Å². The molecular formula is C15H27N3O3. The number of nitrogens with one attached hydrogen (secondary N) is 2. The number of ether oxygens (including phenoxy) is 1. The lowest BCUT2D eigenvalue weighted by Gasteiger charge is -2.29. The van der Waals surface area contributed by atoms with E-state index in [0.717, 1.165) is 38.8 Å². The number of carbonyl (C=O) groups excluding carboxylic acids is 2. The van der Waals surface area contributed by atoms with E-state index >= 15 is 0 Å². The van der Waals surface area contributed by atoms with Crippen LogP contribution < -0.4 is 10.6 Å². The quantitative estimate of drug-likeness (QED) is 0.824. The molecule has 6 nitrogen and oxygen atoms in total. The van der Waals surface area contributed by atoms with Gasteiger partial charge in [0.2, 0.25) is 5.91 Å². The number of amides is 3. The van der Waals surface area contributed by atoms with Gasteiger partial charge < -0.3 is 20.3 Å². The maximum Gasteiger partial charge on any atom is 0.318 e. The third-order valence-electron chi connectivity index (χ3n) is 3.87. The van der Waals surface area contributed by atoms with Crippen LogP contribution in [0.25, 0.3) is 0 Å². The zero-order valence-corrected chi connectivity index (χ0v) is 13.3. The van der Waals surface area contributed by atoms with Gasteiger partial charge >= 0.3 is 6.03 Å². The highest BCUT2D eigenvalue weighted by Gasteiger charge is 2.36. The molecule has 3 amide bonds. The van der Waals surface area contributed by atoms with E-state index in [0.29, 0.717) is 0 Å². The van der Waals surface area contributed by atoms with Gasteiger partial charge in [0.25, 0.3) is 0 Å². The largest absolute Gasteiger partial charge is 0.376 e. The Morgan fingerprint density at radius 3 is 2.62 bits per heavy atom. The summed E-state index contributed by atoms with van der Waals surface area (Å²) in [4.78, 5) is 25.8. The van der Waals surface area contributed by atoms with Gasteiger partial charge in [-0.25, -0.2) is 4.79 Å². The maximum atomic E-state index is 12.3. The van der Waals surface area contributed by atoms with E-state index in [1.54, 1.807) is 0 Å². The third-order valence-corrected chi connectivity index (χ3v) is 3.87. The molecule has 2 atom stereocenters. The minimum Gasteiger partial charge on any atom is -0.376 e. The number of urea groups is 1. The zero-order valence-electron chi connectivity index (χ0n) is 13.3. The molecule has 2 rings (SSSR count). The summed E-state index contributed by atoms with van der Waals surface area (Å²) in [6.45, 7) is 7.31. The molecule has 0 radical (unpaired) electrons. The second-order valence-corrected chi connectivity index (χ2v) is 6.91. The van der Waals surface area contributed by atoms with Crippen LogP contribution >= 0.6 is 0 Å². The molecule has 2 N–H and O–H groups in total. The van der Waals surface area contributed by atoms with Crippen LogP contribution in [-0.4, -0.2) is 54.2 Å². The van der Waals surface area contributed by atoms with Gasteiger partial charge in [-0.1, -0.05) is 0 Å². The first-order valence-electron chi connectivity index (χ1n) is 7.84. The Morgan fingerprint density at radius 2 is 2.00 bits per heavy atom. The number of hydrogen-bond acceptors (Lipinski definition) is 3.